The predicted molar refractivity (Wildman–Crippen MR) is 172 cm³/mol. The molecule has 0 saturated carbocycles. The fourth-order valence-electron chi connectivity index (χ4n) is 5.59. The molecule has 1 radical (unpaired) electrons. The summed E-state index contributed by atoms with van der Waals surface area (Å²) in [7, 11) is 0. The molecule has 43 heavy (non-hydrogen) atoms. The molecule has 6 aromatic rings. The summed E-state index contributed by atoms with van der Waals surface area (Å²) in [6.07, 6.45) is 5.70. The Morgan fingerprint density at radius 3 is 2.09 bits per heavy atom. The number of aryl methyl sites for hydroxylation is 3. The first-order valence-electron chi connectivity index (χ1n) is 14.3. The molecule has 3 aromatic heterocycles. The van der Waals surface area contributed by atoms with Crippen LogP contribution in [0.2, 0.25) is 0 Å². The summed E-state index contributed by atoms with van der Waals surface area (Å²) in [4.78, 5) is 13.5. The monoisotopic (exact) mass is 736 g/mol. The van der Waals surface area contributed by atoms with Crippen LogP contribution < -0.4 is 0 Å². The average molecular weight is 736 g/mol. The van der Waals surface area contributed by atoms with Gasteiger partial charge in [-0.15, -0.1) is 35.4 Å². The van der Waals surface area contributed by atoms with Gasteiger partial charge in [-0.25, -0.2) is 0 Å². The first-order chi connectivity index (χ1) is 20.3. The van der Waals surface area contributed by atoms with Crippen LogP contribution in [-0.4, -0.2) is 15.0 Å². The minimum absolute atomic E-state index is 0. The maximum absolute atomic E-state index is 4.61. The molecule has 215 valence electrons. The second-order valence-electron chi connectivity index (χ2n) is 11.4. The Bertz CT molecular complexity index is 1880. The molecule has 0 spiro atoms. The molecule has 0 amide bonds. The van der Waals surface area contributed by atoms with E-state index in [9.17, 15) is 0 Å². The molecule has 0 bridgehead atoms. The van der Waals surface area contributed by atoms with Crippen molar-refractivity contribution in [1.82, 2.24) is 15.0 Å². The van der Waals surface area contributed by atoms with Crippen LogP contribution >= 0.6 is 0 Å². The van der Waals surface area contributed by atoms with Gasteiger partial charge in [0.25, 0.3) is 0 Å². The molecule has 1 aliphatic rings. The number of fused-ring (bicyclic) bond motifs is 3. The molecule has 0 fully saturated rings. The van der Waals surface area contributed by atoms with Gasteiger partial charge in [0.15, 0.2) is 0 Å². The van der Waals surface area contributed by atoms with Gasteiger partial charge in [-0.05, 0) is 70.5 Å². The van der Waals surface area contributed by atoms with Crippen LogP contribution in [0.25, 0.3) is 44.9 Å². The van der Waals surface area contributed by atoms with Crippen molar-refractivity contribution in [2.45, 2.75) is 40.0 Å². The van der Waals surface area contributed by atoms with Crippen molar-refractivity contribution < 1.29 is 20.1 Å². The maximum Gasteiger partial charge on any atom is 0.0192 e. The molecule has 0 N–H and O–H groups in total. The zero-order chi connectivity index (χ0) is 29.3. The van der Waals surface area contributed by atoms with Gasteiger partial charge in [0, 0.05) is 37.9 Å². The zero-order valence-electron chi connectivity index (χ0n) is 25.1. The van der Waals surface area contributed by atoms with Gasteiger partial charge >= 0.3 is 0 Å². The molecule has 3 nitrogen and oxygen atoms in total. The molecule has 3 heterocycles. The number of pyridine rings is 3. The van der Waals surface area contributed by atoms with Gasteiger partial charge in [-0.2, -0.15) is 12.1 Å². The van der Waals surface area contributed by atoms with E-state index in [1.807, 2.05) is 30.6 Å². The molecule has 3 aromatic carbocycles. The standard InChI is InChI=1S/C20H18N.C19H15N2.Ir/c1-14-9-10-18(20-11-15(2)16(3)13-21-20)12-19(14)17-7-5-4-6-8-17;1-19(2)15-8-4-3-7-13(15)14-11-18(21-12-16(14)19)17-9-5-6-10-20-17;/h4-9,11-13H,1-3H3;3-8,10-12H,1-2H3;/q2*-1;. The second-order valence-corrected chi connectivity index (χ2v) is 11.4. The fourth-order valence-corrected chi connectivity index (χ4v) is 5.59. The summed E-state index contributed by atoms with van der Waals surface area (Å²) < 4.78 is 0. The van der Waals surface area contributed by atoms with Crippen LogP contribution in [0.15, 0.2) is 110 Å². The van der Waals surface area contributed by atoms with Gasteiger partial charge < -0.3 is 9.97 Å². The quantitative estimate of drug-likeness (QED) is 0.170. The Morgan fingerprint density at radius 1 is 0.605 bits per heavy atom. The van der Waals surface area contributed by atoms with Crippen LogP contribution in [0.5, 0.6) is 0 Å². The normalized spacial score (nSPS) is 12.3. The summed E-state index contributed by atoms with van der Waals surface area (Å²) >= 11 is 0. The molecular weight excluding hydrogens is 703 g/mol. The third-order valence-corrected chi connectivity index (χ3v) is 8.21. The number of hydrogen-bond donors (Lipinski definition) is 0. The predicted octanol–water partition coefficient (Wildman–Crippen LogP) is 9.39. The Morgan fingerprint density at radius 2 is 1.35 bits per heavy atom. The van der Waals surface area contributed by atoms with E-state index in [2.05, 4.69) is 134 Å². The van der Waals surface area contributed by atoms with Crippen molar-refractivity contribution in [2.75, 3.05) is 0 Å². The topological polar surface area (TPSA) is 38.7 Å². The van der Waals surface area contributed by atoms with Crippen LogP contribution in [0, 0.1) is 32.9 Å². The van der Waals surface area contributed by atoms with Gasteiger partial charge in [0.1, 0.15) is 0 Å². The van der Waals surface area contributed by atoms with Crippen molar-refractivity contribution in [3.8, 4) is 44.9 Å². The summed E-state index contributed by atoms with van der Waals surface area (Å²) in [6, 6.07) is 37.8. The van der Waals surface area contributed by atoms with Crippen molar-refractivity contribution in [2.24, 2.45) is 0 Å². The largest absolute Gasteiger partial charge is 0.318 e. The SMILES string of the molecule is CC1(C)c2ccccc2-c2cc(-c3[c-]cccn3)ncc21.Cc1cnc(-c2[c-]cc(C)c(-c3ccccc3)c2)cc1C.[Ir]. The molecule has 4 heteroatoms. The van der Waals surface area contributed by atoms with Crippen molar-refractivity contribution in [3.05, 3.63) is 150 Å². The number of rotatable bonds is 3. The maximum atomic E-state index is 4.61. The van der Waals surface area contributed by atoms with Crippen LogP contribution in [0.1, 0.15) is 41.7 Å². The third kappa shape index (κ3) is 5.99. The third-order valence-electron chi connectivity index (χ3n) is 8.21. The van der Waals surface area contributed by atoms with E-state index >= 15 is 0 Å². The van der Waals surface area contributed by atoms with E-state index in [1.165, 1.54) is 50.1 Å². The Hall–Kier alpha value is -4.24. The number of aromatic nitrogens is 3. The van der Waals surface area contributed by atoms with E-state index in [1.54, 1.807) is 6.20 Å². The fraction of sp³-hybridized carbons (Fsp3) is 0.154. The van der Waals surface area contributed by atoms with Crippen molar-refractivity contribution in [1.29, 1.82) is 0 Å². The minimum atomic E-state index is 0. The Labute approximate surface area is 268 Å². The average Bonchev–Trinajstić information content (AvgIpc) is 3.26. The molecule has 0 atom stereocenters. The molecule has 1 aliphatic carbocycles. The second kappa shape index (κ2) is 12.6. The van der Waals surface area contributed by atoms with Gasteiger partial charge in [-0.3, -0.25) is 4.98 Å². The van der Waals surface area contributed by atoms with E-state index in [4.69, 9.17) is 0 Å². The van der Waals surface area contributed by atoms with Gasteiger partial charge in [-0.1, -0.05) is 98.6 Å². The minimum Gasteiger partial charge on any atom is -0.318 e. The molecule has 0 aliphatic heterocycles. The number of hydrogen-bond acceptors (Lipinski definition) is 3. The van der Waals surface area contributed by atoms with Gasteiger partial charge in [0.05, 0.1) is 0 Å². The van der Waals surface area contributed by atoms with Crippen LogP contribution in [0.3, 0.4) is 0 Å². The summed E-state index contributed by atoms with van der Waals surface area (Å²) in [5.41, 5.74) is 15.1. The van der Waals surface area contributed by atoms with Gasteiger partial charge in [0.2, 0.25) is 0 Å². The van der Waals surface area contributed by atoms with E-state index < -0.39 is 0 Å². The summed E-state index contributed by atoms with van der Waals surface area (Å²) in [6.45, 7) is 10.8. The van der Waals surface area contributed by atoms with E-state index in [-0.39, 0.29) is 25.5 Å². The molecule has 0 unspecified atom stereocenters. The van der Waals surface area contributed by atoms with Crippen molar-refractivity contribution in [3.63, 3.8) is 0 Å². The Kier molecular flexibility index (Phi) is 8.82. The first-order valence-corrected chi connectivity index (χ1v) is 14.3. The number of benzene rings is 3. The summed E-state index contributed by atoms with van der Waals surface area (Å²) in [5, 5.41) is 0. The molecular formula is C39H33IrN3-2. The van der Waals surface area contributed by atoms with E-state index in [0.717, 1.165) is 22.6 Å². The molecule has 0 saturated heterocycles. The van der Waals surface area contributed by atoms with Crippen LogP contribution in [0.4, 0.5) is 0 Å². The molecule has 7 rings (SSSR count). The van der Waals surface area contributed by atoms with Crippen LogP contribution in [-0.2, 0) is 25.5 Å². The summed E-state index contributed by atoms with van der Waals surface area (Å²) in [5.74, 6) is 0. The van der Waals surface area contributed by atoms with Crippen molar-refractivity contribution >= 4 is 0 Å². The zero-order valence-corrected chi connectivity index (χ0v) is 27.5. The van der Waals surface area contributed by atoms with E-state index in [0.29, 0.717) is 0 Å². The number of nitrogens with zero attached hydrogens (tertiary/aromatic N) is 3. The Balaban J connectivity index is 0.000000167. The smallest absolute Gasteiger partial charge is 0.0192 e. The first kappa shape index (κ1) is 30.2.